The first-order valence-electron chi connectivity index (χ1n) is 17.1. The van der Waals surface area contributed by atoms with Gasteiger partial charge in [-0.3, -0.25) is 4.79 Å². The summed E-state index contributed by atoms with van der Waals surface area (Å²) in [4.78, 5) is 12.8. The molecule has 0 radical (unpaired) electrons. The Morgan fingerprint density at radius 3 is 1.95 bits per heavy atom. The van der Waals surface area contributed by atoms with Crippen LogP contribution in [0.1, 0.15) is 123 Å². The highest BCUT2D eigenvalue weighted by molar-refractivity contribution is 5.80. The highest BCUT2D eigenvalue weighted by Crippen LogP contribution is 2.23. The number of rotatable bonds is 26. The molecule has 1 fully saturated rings. The fourth-order valence-electron chi connectivity index (χ4n) is 5.32. The van der Waals surface area contributed by atoms with Crippen molar-refractivity contribution in [3.05, 3.63) is 12.2 Å². The van der Waals surface area contributed by atoms with Gasteiger partial charge in [-0.1, -0.05) is 96.6 Å². The number of carbonyl (C=O) groups excluding carboxylic acids is 1. The molecule has 1 rings (SSSR count). The number of nitrogens with one attached hydrogen (secondary N) is 1. The van der Waals surface area contributed by atoms with Gasteiger partial charge in [0.15, 0.2) is 6.29 Å². The van der Waals surface area contributed by atoms with E-state index in [0.717, 1.165) is 38.5 Å². The zero-order valence-electron chi connectivity index (χ0n) is 27.1. The van der Waals surface area contributed by atoms with Crippen molar-refractivity contribution in [2.75, 3.05) is 13.2 Å². The largest absolute Gasteiger partial charge is 0.394 e. The van der Waals surface area contributed by atoms with Crippen molar-refractivity contribution in [2.24, 2.45) is 0 Å². The van der Waals surface area contributed by atoms with Crippen LogP contribution in [0.15, 0.2) is 12.2 Å². The van der Waals surface area contributed by atoms with Crippen molar-refractivity contribution in [2.45, 2.75) is 178 Å². The monoisotopic (exact) mass is 633 g/mol. The summed E-state index contributed by atoms with van der Waals surface area (Å²) in [5.41, 5.74) is 0. The molecule has 0 spiro atoms. The molecule has 1 aliphatic rings. The van der Waals surface area contributed by atoms with Crippen molar-refractivity contribution >= 4 is 5.91 Å². The van der Waals surface area contributed by atoms with Gasteiger partial charge in [-0.05, 0) is 38.5 Å². The molecule has 0 aromatic heterocycles. The summed E-state index contributed by atoms with van der Waals surface area (Å²) in [5, 5.41) is 74.6. The van der Waals surface area contributed by atoms with Crippen molar-refractivity contribution in [1.82, 2.24) is 5.32 Å². The summed E-state index contributed by atoms with van der Waals surface area (Å²) >= 11 is 0. The van der Waals surface area contributed by atoms with E-state index in [1.54, 1.807) is 0 Å². The Labute approximate surface area is 264 Å². The van der Waals surface area contributed by atoms with E-state index in [9.17, 15) is 40.5 Å². The zero-order valence-corrected chi connectivity index (χ0v) is 27.1. The van der Waals surface area contributed by atoms with Gasteiger partial charge >= 0.3 is 0 Å². The maximum absolute atomic E-state index is 12.8. The second-order valence-electron chi connectivity index (χ2n) is 12.2. The number of ether oxygens (including phenoxy) is 2. The van der Waals surface area contributed by atoms with Crippen molar-refractivity contribution in [3.8, 4) is 0 Å². The molecule has 0 saturated carbocycles. The number of amides is 1. The molecule has 0 aromatic rings. The number of unbranched alkanes of at least 4 members (excludes halogenated alkanes) is 12. The van der Waals surface area contributed by atoms with E-state index < -0.39 is 74.2 Å². The lowest BCUT2D eigenvalue weighted by Crippen LogP contribution is -2.60. The molecule has 0 aromatic carbocycles. The molecule has 8 N–H and O–H groups in total. The molecule has 1 amide bonds. The fourth-order valence-corrected chi connectivity index (χ4v) is 5.32. The van der Waals surface area contributed by atoms with Gasteiger partial charge in [-0.15, -0.1) is 0 Å². The van der Waals surface area contributed by atoms with Gasteiger partial charge in [-0.2, -0.15) is 0 Å². The summed E-state index contributed by atoms with van der Waals surface area (Å²) < 4.78 is 10.9. The first-order chi connectivity index (χ1) is 21.2. The molecule has 44 heavy (non-hydrogen) atoms. The quantitative estimate of drug-likeness (QED) is 0.0519. The summed E-state index contributed by atoms with van der Waals surface area (Å²) in [7, 11) is 0. The second-order valence-corrected chi connectivity index (χ2v) is 12.2. The molecular weight excluding hydrogens is 570 g/mol. The maximum atomic E-state index is 12.8. The van der Waals surface area contributed by atoms with Gasteiger partial charge in [0.05, 0.1) is 25.4 Å². The smallest absolute Gasteiger partial charge is 0.249 e. The van der Waals surface area contributed by atoms with E-state index in [4.69, 9.17) is 9.47 Å². The third-order valence-corrected chi connectivity index (χ3v) is 8.32. The van der Waals surface area contributed by atoms with E-state index >= 15 is 0 Å². The summed E-state index contributed by atoms with van der Waals surface area (Å²) in [6.07, 6.45) is 8.88. The Hall–Kier alpha value is -1.15. The minimum absolute atomic E-state index is 0.254. The van der Waals surface area contributed by atoms with Crippen LogP contribution in [0.5, 0.6) is 0 Å². The van der Waals surface area contributed by atoms with Gasteiger partial charge in [0.1, 0.15) is 36.6 Å². The minimum Gasteiger partial charge on any atom is -0.394 e. The Kier molecular flexibility index (Phi) is 23.2. The standard InChI is InChI=1S/C33H63NO10/c1-3-5-7-9-11-13-15-16-18-20-25(36)28(38)24(23-43-33-31(41)30(40)29(39)27(22-35)44-33)34-32(42)26(37)21-19-17-14-12-10-8-6-4-2/h13,15,24-31,33,35-41H,3-12,14,16-23H2,1-2H3,(H,34,42)/b15-13+. The second kappa shape index (κ2) is 25.0. The predicted octanol–water partition coefficient (Wildman–Crippen LogP) is 2.60. The van der Waals surface area contributed by atoms with Crippen LogP contribution in [-0.2, 0) is 14.3 Å². The van der Waals surface area contributed by atoms with E-state index in [1.807, 2.05) is 0 Å². The Morgan fingerprint density at radius 1 is 0.773 bits per heavy atom. The predicted molar refractivity (Wildman–Crippen MR) is 169 cm³/mol. The zero-order chi connectivity index (χ0) is 32.7. The topological polar surface area (TPSA) is 189 Å². The lowest BCUT2D eigenvalue weighted by molar-refractivity contribution is -0.303. The van der Waals surface area contributed by atoms with E-state index in [1.165, 1.54) is 44.9 Å². The Balaban J connectivity index is 2.69. The summed E-state index contributed by atoms with van der Waals surface area (Å²) in [5.74, 6) is -0.715. The molecule has 9 atom stereocenters. The Bertz CT molecular complexity index is 739. The van der Waals surface area contributed by atoms with Gasteiger partial charge in [0.2, 0.25) is 5.91 Å². The van der Waals surface area contributed by atoms with Gasteiger partial charge in [0.25, 0.3) is 0 Å². The molecular formula is C33H63NO10. The van der Waals surface area contributed by atoms with E-state index in [0.29, 0.717) is 12.8 Å². The normalized spacial score (nSPS) is 25.2. The van der Waals surface area contributed by atoms with Crippen molar-refractivity contribution < 1.29 is 50.0 Å². The average Bonchev–Trinajstić information content (AvgIpc) is 3.02. The van der Waals surface area contributed by atoms with Crippen LogP contribution in [0.4, 0.5) is 0 Å². The molecule has 1 saturated heterocycles. The number of hydrogen-bond donors (Lipinski definition) is 8. The third kappa shape index (κ3) is 16.4. The highest BCUT2D eigenvalue weighted by Gasteiger charge is 2.44. The maximum Gasteiger partial charge on any atom is 0.249 e. The average molecular weight is 634 g/mol. The fraction of sp³-hybridized carbons (Fsp3) is 0.909. The van der Waals surface area contributed by atoms with Crippen LogP contribution in [0.2, 0.25) is 0 Å². The van der Waals surface area contributed by atoms with Crippen LogP contribution in [0.3, 0.4) is 0 Å². The van der Waals surface area contributed by atoms with Crippen molar-refractivity contribution in [3.63, 3.8) is 0 Å². The molecule has 9 unspecified atom stereocenters. The molecule has 0 aliphatic carbocycles. The number of aliphatic hydroxyl groups is 7. The number of carbonyl (C=O) groups is 1. The van der Waals surface area contributed by atoms with Gasteiger partial charge < -0.3 is 50.5 Å². The third-order valence-electron chi connectivity index (χ3n) is 8.32. The molecule has 11 heteroatoms. The minimum atomic E-state index is -1.66. The SMILES string of the molecule is CCCCCC/C=C/CCCC(O)C(O)C(COC1OC(CO)C(O)C(O)C1O)NC(=O)C(O)CCCCCCCCCC. The highest BCUT2D eigenvalue weighted by atomic mass is 16.7. The van der Waals surface area contributed by atoms with Crippen LogP contribution >= 0.6 is 0 Å². The lowest BCUT2D eigenvalue weighted by atomic mass is 9.98. The van der Waals surface area contributed by atoms with Gasteiger partial charge in [-0.25, -0.2) is 0 Å². The number of allylic oxidation sites excluding steroid dienone is 2. The van der Waals surface area contributed by atoms with Crippen LogP contribution < -0.4 is 5.32 Å². The van der Waals surface area contributed by atoms with E-state index in [-0.39, 0.29) is 12.8 Å². The number of hydrogen-bond acceptors (Lipinski definition) is 10. The number of aliphatic hydroxyl groups excluding tert-OH is 7. The first-order valence-corrected chi connectivity index (χ1v) is 17.1. The summed E-state index contributed by atoms with van der Waals surface area (Å²) in [6, 6.07) is -1.17. The van der Waals surface area contributed by atoms with Crippen LogP contribution in [-0.4, -0.2) is 110 Å². The molecule has 260 valence electrons. The Morgan fingerprint density at radius 2 is 1.34 bits per heavy atom. The lowest BCUT2D eigenvalue weighted by Gasteiger charge is -2.40. The molecule has 1 heterocycles. The van der Waals surface area contributed by atoms with Crippen molar-refractivity contribution in [1.29, 1.82) is 0 Å². The van der Waals surface area contributed by atoms with Crippen LogP contribution in [0.25, 0.3) is 0 Å². The summed E-state index contributed by atoms with van der Waals surface area (Å²) in [6.45, 7) is 3.28. The van der Waals surface area contributed by atoms with E-state index in [2.05, 4.69) is 31.3 Å². The molecule has 1 aliphatic heterocycles. The van der Waals surface area contributed by atoms with Crippen LogP contribution in [0, 0.1) is 0 Å². The molecule has 11 nitrogen and oxygen atoms in total. The van der Waals surface area contributed by atoms with Gasteiger partial charge in [0, 0.05) is 0 Å². The first kappa shape index (κ1) is 40.9. The molecule has 0 bridgehead atoms.